The van der Waals surface area contributed by atoms with Crippen LogP contribution in [-0.4, -0.2) is 37.5 Å². The second-order valence-corrected chi connectivity index (χ2v) is 9.36. The molecule has 2 aliphatic rings. The van der Waals surface area contributed by atoms with Gasteiger partial charge in [0, 0.05) is 17.6 Å². The molecule has 0 heterocycles. The van der Waals surface area contributed by atoms with Crippen LogP contribution in [0.1, 0.15) is 31.2 Å². The topological polar surface area (TPSA) is 66.5 Å². The van der Waals surface area contributed by atoms with E-state index in [1.807, 2.05) is 0 Å². The van der Waals surface area contributed by atoms with Gasteiger partial charge in [0.25, 0.3) is 0 Å². The summed E-state index contributed by atoms with van der Waals surface area (Å²) in [5.74, 6) is 1.06. The zero-order valence-electron chi connectivity index (χ0n) is 13.7. The van der Waals surface area contributed by atoms with Gasteiger partial charge in [0.2, 0.25) is 15.9 Å². The Hall–Kier alpha value is -1.11. The summed E-state index contributed by atoms with van der Waals surface area (Å²) >= 11 is 6.11. The molecule has 2 aliphatic carbocycles. The summed E-state index contributed by atoms with van der Waals surface area (Å²) in [5.41, 5.74) is 0.692. The van der Waals surface area contributed by atoms with E-state index in [4.69, 9.17) is 11.6 Å². The first-order valence-corrected chi connectivity index (χ1v) is 10.5. The summed E-state index contributed by atoms with van der Waals surface area (Å²) in [6.45, 7) is -0.0689. The third-order valence-corrected chi connectivity index (χ3v) is 6.74. The third kappa shape index (κ3) is 4.10. The maximum Gasteiger partial charge on any atom is 0.235 e. The number of hydrogen-bond donors (Lipinski definition) is 1. The van der Waals surface area contributed by atoms with Gasteiger partial charge in [-0.05, 0) is 42.7 Å². The molecule has 1 aromatic rings. The maximum absolute atomic E-state index is 12.4. The molecule has 3 atom stereocenters. The predicted octanol–water partition coefficient (Wildman–Crippen LogP) is 2.41. The van der Waals surface area contributed by atoms with Gasteiger partial charge in [-0.1, -0.05) is 36.2 Å². The molecule has 1 aromatic carbocycles. The van der Waals surface area contributed by atoms with Gasteiger partial charge in [0.05, 0.1) is 12.8 Å². The van der Waals surface area contributed by atoms with Gasteiger partial charge in [0.1, 0.15) is 0 Å². The van der Waals surface area contributed by atoms with Crippen molar-refractivity contribution in [1.82, 2.24) is 9.62 Å². The lowest BCUT2D eigenvalue weighted by atomic mass is 9.95. The standard InChI is InChI=1S/C17H23ClN2O3S/c1-24(22,23)20(10-14-4-2-3-5-15(14)18)11-17(21)19-16-9-12-6-7-13(16)8-12/h2-5,12-13,16H,6-11H2,1H3,(H,19,21)/t12-,13-,16-/m1/s1. The predicted molar refractivity (Wildman–Crippen MR) is 94.1 cm³/mol. The van der Waals surface area contributed by atoms with Crippen LogP contribution in [0.2, 0.25) is 5.02 Å². The number of sulfonamides is 1. The second-order valence-electron chi connectivity index (χ2n) is 6.97. The van der Waals surface area contributed by atoms with Gasteiger partial charge in [-0.3, -0.25) is 4.79 Å². The number of halogens is 1. The molecule has 0 radical (unpaired) electrons. The normalized spacial score (nSPS) is 26.0. The summed E-state index contributed by atoms with van der Waals surface area (Å²) in [5, 5.41) is 3.53. The molecule has 0 aliphatic heterocycles. The molecule has 0 unspecified atom stereocenters. The van der Waals surface area contributed by atoms with E-state index in [2.05, 4.69) is 5.32 Å². The molecule has 7 heteroatoms. The summed E-state index contributed by atoms with van der Waals surface area (Å²) in [4.78, 5) is 12.4. The Bertz CT molecular complexity index is 722. The monoisotopic (exact) mass is 370 g/mol. The van der Waals surface area contributed by atoms with Gasteiger partial charge < -0.3 is 5.32 Å². The van der Waals surface area contributed by atoms with Gasteiger partial charge in [-0.2, -0.15) is 4.31 Å². The maximum atomic E-state index is 12.4. The van der Waals surface area contributed by atoms with Gasteiger partial charge in [-0.25, -0.2) is 8.42 Å². The molecule has 5 nitrogen and oxygen atoms in total. The van der Waals surface area contributed by atoms with Crippen molar-refractivity contribution in [1.29, 1.82) is 0 Å². The molecule has 2 bridgehead atoms. The number of hydrogen-bond acceptors (Lipinski definition) is 3. The van der Waals surface area contributed by atoms with Gasteiger partial charge >= 0.3 is 0 Å². The molecule has 0 saturated heterocycles. The molecule has 0 aromatic heterocycles. The van der Waals surface area contributed by atoms with Crippen molar-refractivity contribution in [2.75, 3.05) is 12.8 Å². The van der Waals surface area contributed by atoms with E-state index in [0.29, 0.717) is 16.5 Å². The molecule has 2 fully saturated rings. The minimum absolute atomic E-state index is 0.0998. The van der Waals surface area contributed by atoms with Crippen LogP contribution in [0.5, 0.6) is 0 Å². The molecular formula is C17H23ClN2O3S. The van der Waals surface area contributed by atoms with Crippen molar-refractivity contribution in [3.05, 3.63) is 34.9 Å². The summed E-state index contributed by atoms with van der Waals surface area (Å²) < 4.78 is 25.3. The van der Waals surface area contributed by atoms with Crippen molar-refractivity contribution in [2.45, 2.75) is 38.3 Å². The Balaban J connectivity index is 1.64. The second kappa shape index (κ2) is 7.02. The minimum Gasteiger partial charge on any atom is -0.352 e. The average Bonchev–Trinajstić information content (AvgIpc) is 3.10. The fourth-order valence-corrected chi connectivity index (χ4v) is 4.86. The molecule has 2 saturated carbocycles. The van der Waals surface area contributed by atoms with Crippen LogP contribution in [0.25, 0.3) is 0 Å². The molecule has 24 heavy (non-hydrogen) atoms. The number of rotatable bonds is 6. The smallest absolute Gasteiger partial charge is 0.235 e. The lowest BCUT2D eigenvalue weighted by molar-refractivity contribution is -0.122. The lowest BCUT2D eigenvalue weighted by Gasteiger charge is -2.25. The van der Waals surface area contributed by atoms with Crippen LogP contribution in [0.3, 0.4) is 0 Å². The molecule has 1 amide bonds. The summed E-state index contributed by atoms with van der Waals surface area (Å²) in [6, 6.07) is 7.29. The molecule has 1 N–H and O–H groups in total. The fourth-order valence-electron chi connectivity index (χ4n) is 3.94. The SMILES string of the molecule is CS(=O)(=O)N(CC(=O)N[C@@H]1C[C@@H]2CC[C@@H]1C2)Cc1ccccc1Cl. The highest BCUT2D eigenvalue weighted by atomic mass is 35.5. The minimum atomic E-state index is -3.50. The number of carbonyl (C=O) groups is 1. The number of nitrogens with zero attached hydrogens (tertiary/aromatic N) is 1. The van der Waals surface area contributed by atoms with Crippen LogP contribution < -0.4 is 5.32 Å². The first kappa shape index (κ1) is 17.7. The van der Waals surface area contributed by atoms with E-state index in [1.165, 1.54) is 23.6 Å². The highest BCUT2D eigenvalue weighted by Crippen LogP contribution is 2.44. The van der Waals surface area contributed by atoms with E-state index in [9.17, 15) is 13.2 Å². The van der Waals surface area contributed by atoms with Crippen LogP contribution >= 0.6 is 11.6 Å². The number of benzene rings is 1. The number of fused-ring (bicyclic) bond motifs is 2. The average molecular weight is 371 g/mol. The Morgan fingerprint density at radius 3 is 2.62 bits per heavy atom. The number of amides is 1. The highest BCUT2D eigenvalue weighted by molar-refractivity contribution is 7.88. The molecule has 3 rings (SSSR count). The molecule has 0 spiro atoms. The van der Waals surface area contributed by atoms with Crippen LogP contribution in [0.15, 0.2) is 24.3 Å². The summed E-state index contributed by atoms with van der Waals surface area (Å²) in [6.07, 6.45) is 5.78. The van der Waals surface area contributed by atoms with Crippen LogP contribution in [0, 0.1) is 11.8 Å². The number of nitrogens with one attached hydrogen (secondary N) is 1. The van der Waals surface area contributed by atoms with Crippen molar-refractivity contribution in [2.24, 2.45) is 11.8 Å². The van der Waals surface area contributed by atoms with E-state index in [-0.39, 0.29) is 25.0 Å². The Labute approximate surface area is 148 Å². The van der Waals surface area contributed by atoms with E-state index in [0.717, 1.165) is 18.6 Å². The van der Waals surface area contributed by atoms with Crippen molar-refractivity contribution in [3.8, 4) is 0 Å². The zero-order valence-corrected chi connectivity index (χ0v) is 15.3. The quantitative estimate of drug-likeness (QED) is 0.836. The van der Waals surface area contributed by atoms with Crippen LogP contribution in [0.4, 0.5) is 0 Å². The molecule has 132 valence electrons. The van der Waals surface area contributed by atoms with E-state index >= 15 is 0 Å². The fraction of sp³-hybridized carbons (Fsp3) is 0.588. The van der Waals surface area contributed by atoms with Crippen molar-refractivity contribution in [3.63, 3.8) is 0 Å². The number of carbonyl (C=O) groups excluding carboxylic acids is 1. The van der Waals surface area contributed by atoms with E-state index < -0.39 is 10.0 Å². The summed E-state index contributed by atoms with van der Waals surface area (Å²) in [7, 11) is -3.50. The Morgan fingerprint density at radius 1 is 1.29 bits per heavy atom. The van der Waals surface area contributed by atoms with Crippen molar-refractivity contribution < 1.29 is 13.2 Å². The van der Waals surface area contributed by atoms with Crippen molar-refractivity contribution >= 4 is 27.5 Å². The highest BCUT2D eigenvalue weighted by Gasteiger charge is 2.40. The first-order valence-electron chi connectivity index (χ1n) is 8.31. The zero-order chi connectivity index (χ0) is 17.3. The Morgan fingerprint density at radius 2 is 2.04 bits per heavy atom. The lowest BCUT2D eigenvalue weighted by Crippen LogP contribution is -2.45. The van der Waals surface area contributed by atoms with E-state index in [1.54, 1.807) is 24.3 Å². The Kier molecular flexibility index (Phi) is 5.18. The molecular weight excluding hydrogens is 348 g/mol. The largest absolute Gasteiger partial charge is 0.352 e. The van der Waals surface area contributed by atoms with Crippen LogP contribution in [-0.2, 0) is 21.4 Å². The first-order chi connectivity index (χ1) is 11.3. The third-order valence-electron chi connectivity index (χ3n) is 5.18. The van der Waals surface area contributed by atoms with Gasteiger partial charge in [0.15, 0.2) is 0 Å². The van der Waals surface area contributed by atoms with Gasteiger partial charge in [-0.15, -0.1) is 0 Å².